The average Bonchev–Trinajstić information content (AvgIpc) is 2.76. The van der Waals surface area contributed by atoms with Gasteiger partial charge >= 0.3 is 0 Å². The van der Waals surface area contributed by atoms with Crippen molar-refractivity contribution in [3.63, 3.8) is 0 Å². The molecule has 31 heavy (non-hydrogen) atoms. The second kappa shape index (κ2) is 8.57. The summed E-state index contributed by atoms with van der Waals surface area (Å²) in [5, 5.41) is 24.8. The molecular weight excluding hydrogens is 414 g/mol. The first-order valence-corrected chi connectivity index (χ1v) is 10.4. The third-order valence-electron chi connectivity index (χ3n) is 4.60. The monoisotopic (exact) mass is 433 g/mol. The van der Waals surface area contributed by atoms with Gasteiger partial charge in [-0.15, -0.1) is 0 Å². The van der Waals surface area contributed by atoms with Crippen molar-refractivity contribution in [2.75, 3.05) is 5.32 Å². The van der Waals surface area contributed by atoms with Crippen molar-refractivity contribution in [3.05, 3.63) is 76.7 Å². The Morgan fingerprint density at radius 3 is 2.55 bits per heavy atom. The summed E-state index contributed by atoms with van der Waals surface area (Å²) in [5.74, 6) is 0.953. The first-order chi connectivity index (χ1) is 14.9. The Bertz CT molecular complexity index is 1260. The lowest BCUT2D eigenvalue weighted by atomic mass is 10.1. The summed E-state index contributed by atoms with van der Waals surface area (Å²) in [7, 11) is 0. The van der Waals surface area contributed by atoms with Crippen LogP contribution in [0.3, 0.4) is 0 Å². The van der Waals surface area contributed by atoms with Crippen molar-refractivity contribution in [1.29, 1.82) is 0 Å². The van der Waals surface area contributed by atoms with Gasteiger partial charge in [0.2, 0.25) is 0 Å². The number of anilines is 2. The van der Waals surface area contributed by atoms with E-state index in [1.165, 1.54) is 30.2 Å². The molecule has 8 nitrogen and oxygen atoms in total. The number of phenolic OH excluding ortho intramolecular Hbond substituents is 1. The van der Waals surface area contributed by atoms with Crippen LogP contribution >= 0.6 is 11.8 Å². The predicted molar refractivity (Wildman–Crippen MR) is 120 cm³/mol. The SMILES string of the molecule is CC(C)c1ccc2c(Nc3cc([N+](=O)[O-])ccc3Sc3ccc(O)cc3)ncnc2n1. The number of non-ortho nitro benzene ring substituents is 1. The lowest BCUT2D eigenvalue weighted by Crippen LogP contribution is -2.01. The average molecular weight is 433 g/mol. The van der Waals surface area contributed by atoms with Gasteiger partial charge in [-0.1, -0.05) is 25.6 Å². The van der Waals surface area contributed by atoms with Gasteiger partial charge < -0.3 is 10.4 Å². The number of aromatic nitrogens is 3. The van der Waals surface area contributed by atoms with Crippen LogP contribution in [0.2, 0.25) is 0 Å². The molecule has 0 atom stereocenters. The highest BCUT2D eigenvalue weighted by Crippen LogP contribution is 2.38. The third kappa shape index (κ3) is 4.56. The number of benzene rings is 2. The highest BCUT2D eigenvalue weighted by molar-refractivity contribution is 7.99. The third-order valence-corrected chi connectivity index (χ3v) is 5.69. The molecule has 0 aliphatic carbocycles. The van der Waals surface area contributed by atoms with Gasteiger partial charge in [-0.2, -0.15) is 0 Å². The molecule has 9 heteroatoms. The van der Waals surface area contributed by atoms with Gasteiger partial charge in [-0.05, 0) is 48.4 Å². The number of aromatic hydroxyl groups is 1. The smallest absolute Gasteiger partial charge is 0.271 e. The Morgan fingerprint density at radius 2 is 1.84 bits per heavy atom. The normalized spacial score (nSPS) is 11.1. The Labute approximate surface area is 182 Å². The number of nitro groups is 1. The van der Waals surface area contributed by atoms with Crippen LogP contribution in [-0.4, -0.2) is 25.0 Å². The van der Waals surface area contributed by atoms with E-state index in [1.54, 1.807) is 30.3 Å². The first kappa shape index (κ1) is 20.5. The molecular formula is C22H19N5O3S. The highest BCUT2D eigenvalue weighted by Gasteiger charge is 2.15. The molecule has 0 spiro atoms. The minimum Gasteiger partial charge on any atom is -0.508 e. The minimum absolute atomic E-state index is 0.0314. The molecule has 0 amide bonds. The highest BCUT2D eigenvalue weighted by atomic mass is 32.2. The molecule has 2 N–H and O–H groups in total. The van der Waals surface area contributed by atoms with E-state index in [0.29, 0.717) is 17.2 Å². The number of pyridine rings is 1. The standard InChI is InChI=1S/C22H19N5O3S/c1-13(2)18-9-8-17-21(25-18)23-12-24-22(17)26-19-11-14(27(29)30)3-10-20(19)31-16-6-4-15(28)5-7-16/h3-13,28H,1-2H3,(H,23,24,25,26). The number of nitrogens with one attached hydrogen (secondary N) is 1. The number of rotatable bonds is 6. The van der Waals surface area contributed by atoms with E-state index < -0.39 is 4.92 Å². The summed E-state index contributed by atoms with van der Waals surface area (Å²) in [5.41, 5.74) is 1.99. The lowest BCUT2D eigenvalue weighted by molar-refractivity contribution is -0.384. The molecule has 0 fully saturated rings. The van der Waals surface area contributed by atoms with Gasteiger partial charge in [0.25, 0.3) is 5.69 Å². The zero-order chi connectivity index (χ0) is 22.0. The molecule has 0 radical (unpaired) electrons. The van der Waals surface area contributed by atoms with E-state index in [0.717, 1.165) is 20.9 Å². The quantitative estimate of drug-likeness (QED) is 0.296. The summed E-state index contributed by atoms with van der Waals surface area (Å²) >= 11 is 1.42. The molecule has 0 aliphatic rings. The zero-order valence-electron chi connectivity index (χ0n) is 16.8. The van der Waals surface area contributed by atoms with Crippen LogP contribution in [-0.2, 0) is 0 Å². The van der Waals surface area contributed by atoms with E-state index in [4.69, 9.17) is 0 Å². The Kier molecular flexibility index (Phi) is 5.68. The van der Waals surface area contributed by atoms with Gasteiger partial charge in [-0.3, -0.25) is 10.1 Å². The summed E-state index contributed by atoms with van der Waals surface area (Å²) < 4.78 is 0. The Hall–Kier alpha value is -3.72. The maximum absolute atomic E-state index is 11.3. The molecule has 4 aromatic rings. The zero-order valence-corrected chi connectivity index (χ0v) is 17.6. The van der Waals surface area contributed by atoms with E-state index in [2.05, 4.69) is 34.1 Å². The fourth-order valence-electron chi connectivity index (χ4n) is 2.97. The molecule has 0 unspecified atom stereocenters. The second-order valence-corrected chi connectivity index (χ2v) is 8.26. The molecule has 2 aromatic carbocycles. The topological polar surface area (TPSA) is 114 Å². The molecule has 4 rings (SSSR count). The fraction of sp³-hybridized carbons (Fsp3) is 0.136. The van der Waals surface area contributed by atoms with Crippen LogP contribution in [0.1, 0.15) is 25.5 Å². The molecule has 0 saturated carbocycles. The fourth-order valence-corrected chi connectivity index (χ4v) is 3.85. The number of nitrogens with zero attached hydrogens (tertiary/aromatic N) is 4. The summed E-state index contributed by atoms with van der Waals surface area (Å²) in [6.07, 6.45) is 1.42. The number of hydrogen-bond donors (Lipinski definition) is 2. The summed E-state index contributed by atoms with van der Waals surface area (Å²) in [6.45, 7) is 4.12. The molecule has 0 bridgehead atoms. The van der Waals surface area contributed by atoms with Crippen molar-refractivity contribution in [2.24, 2.45) is 0 Å². The van der Waals surface area contributed by atoms with Crippen molar-refractivity contribution >= 4 is 40.0 Å². The van der Waals surface area contributed by atoms with Gasteiger partial charge in [-0.25, -0.2) is 15.0 Å². The van der Waals surface area contributed by atoms with Gasteiger partial charge in [0.1, 0.15) is 17.9 Å². The Morgan fingerprint density at radius 1 is 1.06 bits per heavy atom. The van der Waals surface area contributed by atoms with Crippen LogP contribution in [0.25, 0.3) is 11.0 Å². The van der Waals surface area contributed by atoms with Gasteiger partial charge in [0.15, 0.2) is 5.65 Å². The summed E-state index contributed by atoms with van der Waals surface area (Å²) in [4.78, 5) is 25.8. The van der Waals surface area contributed by atoms with E-state index in [9.17, 15) is 15.2 Å². The minimum atomic E-state index is -0.436. The van der Waals surface area contributed by atoms with Gasteiger partial charge in [0, 0.05) is 27.6 Å². The molecule has 2 heterocycles. The van der Waals surface area contributed by atoms with Gasteiger partial charge in [0.05, 0.1) is 16.0 Å². The molecule has 2 aromatic heterocycles. The van der Waals surface area contributed by atoms with Crippen molar-refractivity contribution in [2.45, 2.75) is 29.6 Å². The maximum atomic E-state index is 11.3. The predicted octanol–water partition coefficient (Wildman–Crippen LogP) is 5.66. The van der Waals surface area contributed by atoms with Crippen molar-refractivity contribution in [1.82, 2.24) is 15.0 Å². The maximum Gasteiger partial charge on any atom is 0.271 e. The largest absolute Gasteiger partial charge is 0.508 e. The molecule has 156 valence electrons. The summed E-state index contributed by atoms with van der Waals surface area (Å²) in [6, 6.07) is 15.2. The van der Waals surface area contributed by atoms with Crippen molar-refractivity contribution in [3.8, 4) is 5.75 Å². The number of hydrogen-bond acceptors (Lipinski definition) is 8. The molecule has 0 saturated heterocycles. The number of phenols is 1. The Balaban J connectivity index is 1.75. The van der Waals surface area contributed by atoms with Crippen LogP contribution < -0.4 is 5.32 Å². The molecule has 0 aliphatic heterocycles. The van der Waals surface area contributed by atoms with Crippen LogP contribution in [0, 0.1) is 10.1 Å². The first-order valence-electron chi connectivity index (χ1n) is 9.54. The van der Waals surface area contributed by atoms with Crippen LogP contribution in [0.15, 0.2) is 70.7 Å². The van der Waals surface area contributed by atoms with E-state index >= 15 is 0 Å². The van der Waals surface area contributed by atoms with E-state index in [1.807, 2.05) is 12.1 Å². The van der Waals surface area contributed by atoms with E-state index in [-0.39, 0.29) is 17.4 Å². The number of fused-ring (bicyclic) bond motifs is 1. The van der Waals surface area contributed by atoms with Crippen molar-refractivity contribution < 1.29 is 10.0 Å². The second-order valence-electron chi connectivity index (χ2n) is 7.14. The van der Waals surface area contributed by atoms with Crippen LogP contribution in [0.5, 0.6) is 5.75 Å². The van der Waals surface area contributed by atoms with Crippen LogP contribution in [0.4, 0.5) is 17.2 Å². The number of nitro benzene ring substituents is 1. The lowest BCUT2D eigenvalue weighted by Gasteiger charge is -2.13.